The van der Waals surface area contributed by atoms with Crippen LogP contribution in [0.1, 0.15) is 73.4 Å². The summed E-state index contributed by atoms with van der Waals surface area (Å²) in [6.45, 7) is 0. The van der Waals surface area contributed by atoms with Crippen molar-refractivity contribution in [3.05, 3.63) is 40.8 Å². The zero-order valence-corrected chi connectivity index (χ0v) is 15.5. The lowest BCUT2D eigenvalue weighted by Gasteiger charge is -2.20. The van der Waals surface area contributed by atoms with Crippen LogP contribution in [-0.2, 0) is 12.8 Å². The number of nitriles is 1. The van der Waals surface area contributed by atoms with E-state index in [1.165, 1.54) is 43.4 Å². The molecule has 4 heteroatoms. The Bertz CT molecular complexity index is 844. The van der Waals surface area contributed by atoms with Crippen LogP contribution in [0.2, 0.25) is 0 Å². The summed E-state index contributed by atoms with van der Waals surface area (Å²) in [6.07, 6.45) is 12.4. The highest BCUT2D eigenvalue weighted by Crippen LogP contribution is 2.41. The molecule has 0 atom stereocenters. The van der Waals surface area contributed by atoms with Crippen molar-refractivity contribution in [2.24, 2.45) is 0 Å². The molecule has 0 aliphatic heterocycles. The summed E-state index contributed by atoms with van der Waals surface area (Å²) < 4.78 is 0. The fourth-order valence-corrected chi connectivity index (χ4v) is 4.59. The Labute approximate surface area is 155 Å². The van der Waals surface area contributed by atoms with Crippen molar-refractivity contribution < 1.29 is 0 Å². The minimum atomic E-state index is 0.447. The molecule has 2 aliphatic carbocycles. The lowest BCUT2D eigenvalue weighted by Crippen LogP contribution is -2.10. The molecule has 2 heterocycles. The van der Waals surface area contributed by atoms with Crippen LogP contribution < -0.4 is 5.32 Å². The molecule has 0 bridgehead atoms. The second-order valence-electron chi connectivity index (χ2n) is 7.51. The van der Waals surface area contributed by atoms with Crippen LogP contribution in [0.15, 0.2) is 18.3 Å². The lowest BCUT2D eigenvalue weighted by molar-refractivity contribution is 0.681. The van der Waals surface area contributed by atoms with Gasteiger partial charge < -0.3 is 5.32 Å². The quantitative estimate of drug-likeness (QED) is 0.796. The number of hydrogen-bond donors (Lipinski definition) is 1. The van der Waals surface area contributed by atoms with Crippen molar-refractivity contribution in [1.29, 1.82) is 5.26 Å². The van der Waals surface area contributed by atoms with Gasteiger partial charge in [0.1, 0.15) is 11.9 Å². The van der Waals surface area contributed by atoms with Gasteiger partial charge in [-0.05, 0) is 61.8 Å². The van der Waals surface area contributed by atoms with Gasteiger partial charge in [-0.15, -0.1) is 0 Å². The van der Waals surface area contributed by atoms with E-state index >= 15 is 0 Å². The van der Waals surface area contributed by atoms with Crippen LogP contribution in [0, 0.1) is 11.3 Å². The first-order chi connectivity index (χ1) is 12.8. The maximum atomic E-state index is 10.1. The zero-order valence-electron chi connectivity index (χ0n) is 15.5. The standard InChI is InChI=1S/C22H26N4/c1-24-20-13-16(11-12-25-20)21-17-9-3-2-4-10-19(17)26-22(18(21)14-23)15-7-5-6-8-15/h11-13,15H,2-10H2,1H3,(H,24,25). The van der Waals surface area contributed by atoms with Crippen LogP contribution >= 0.6 is 0 Å². The molecule has 1 fully saturated rings. The predicted molar refractivity (Wildman–Crippen MR) is 104 cm³/mol. The molecule has 4 nitrogen and oxygen atoms in total. The third-order valence-electron chi connectivity index (χ3n) is 5.91. The van der Waals surface area contributed by atoms with Gasteiger partial charge in [0.15, 0.2) is 0 Å². The molecule has 0 radical (unpaired) electrons. The Morgan fingerprint density at radius 3 is 2.69 bits per heavy atom. The Morgan fingerprint density at radius 2 is 1.92 bits per heavy atom. The Kier molecular flexibility index (Phi) is 4.88. The number of nitrogens with one attached hydrogen (secondary N) is 1. The van der Waals surface area contributed by atoms with Gasteiger partial charge in [-0.2, -0.15) is 5.26 Å². The van der Waals surface area contributed by atoms with Crippen molar-refractivity contribution in [3.63, 3.8) is 0 Å². The first kappa shape index (κ1) is 17.0. The third kappa shape index (κ3) is 3.07. The SMILES string of the molecule is CNc1cc(-c2c(C#N)c(C3CCCC3)nc3c2CCCCC3)ccn1. The summed E-state index contributed by atoms with van der Waals surface area (Å²) in [6, 6.07) is 6.66. The molecule has 0 aromatic carbocycles. The number of pyridine rings is 2. The van der Waals surface area contributed by atoms with Gasteiger partial charge in [-0.25, -0.2) is 4.98 Å². The number of aryl methyl sites for hydroxylation is 1. The molecule has 4 rings (SSSR count). The highest BCUT2D eigenvalue weighted by molar-refractivity contribution is 5.77. The molecule has 2 aromatic heterocycles. The Morgan fingerprint density at radius 1 is 1.12 bits per heavy atom. The molecule has 0 unspecified atom stereocenters. The van der Waals surface area contributed by atoms with Crippen LogP contribution in [0.5, 0.6) is 0 Å². The summed E-state index contributed by atoms with van der Waals surface area (Å²) in [4.78, 5) is 9.46. The topological polar surface area (TPSA) is 61.6 Å². The van der Waals surface area contributed by atoms with Gasteiger partial charge in [0.25, 0.3) is 0 Å². The smallest absolute Gasteiger partial charge is 0.126 e. The maximum absolute atomic E-state index is 10.1. The fraction of sp³-hybridized carbons (Fsp3) is 0.500. The summed E-state index contributed by atoms with van der Waals surface area (Å²) in [5, 5.41) is 13.2. The largest absolute Gasteiger partial charge is 0.373 e. The average Bonchev–Trinajstić information content (AvgIpc) is 3.12. The van der Waals surface area contributed by atoms with Crippen LogP contribution in [-0.4, -0.2) is 17.0 Å². The molecule has 2 aliphatic rings. The molecule has 26 heavy (non-hydrogen) atoms. The molecule has 2 aromatic rings. The van der Waals surface area contributed by atoms with E-state index in [-0.39, 0.29) is 0 Å². The van der Waals surface area contributed by atoms with Gasteiger partial charge in [-0.1, -0.05) is 19.3 Å². The third-order valence-corrected chi connectivity index (χ3v) is 5.91. The molecule has 0 saturated heterocycles. The van der Waals surface area contributed by atoms with E-state index in [2.05, 4.69) is 22.4 Å². The van der Waals surface area contributed by atoms with Crippen molar-refractivity contribution in [2.45, 2.75) is 63.7 Å². The number of rotatable bonds is 3. The summed E-state index contributed by atoms with van der Waals surface area (Å²) in [5.74, 6) is 1.29. The van der Waals surface area contributed by atoms with Gasteiger partial charge in [0.05, 0.1) is 11.3 Å². The minimum Gasteiger partial charge on any atom is -0.373 e. The minimum absolute atomic E-state index is 0.447. The highest BCUT2D eigenvalue weighted by atomic mass is 14.9. The van der Waals surface area contributed by atoms with E-state index in [0.717, 1.165) is 53.9 Å². The van der Waals surface area contributed by atoms with Crippen LogP contribution in [0.25, 0.3) is 11.1 Å². The predicted octanol–water partition coefficient (Wildman–Crippen LogP) is 4.98. The summed E-state index contributed by atoms with van der Waals surface area (Å²) in [7, 11) is 1.88. The molecule has 1 saturated carbocycles. The molecule has 1 N–H and O–H groups in total. The molecule has 134 valence electrons. The highest BCUT2D eigenvalue weighted by Gasteiger charge is 2.28. The van der Waals surface area contributed by atoms with Gasteiger partial charge in [0, 0.05) is 30.4 Å². The van der Waals surface area contributed by atoms with E-state index in [4.69, 9.17) is 4.98 Å². The van der Waals surface area contributed by atoms with Crippen molar-refractivity contribution in [3.8, 4) is 17.2 Å². The molecule has 0 spiro atoms. The number of anilines is 1. The number of aromatic nitrogens is 2. The van der Waals surface area contributed by atoms with Gasteiger partial charge in [0.2, 0.25) is 0 Å². The second kappa shape index (κ2) is 7.45. The van der Waals surface area contributed by atoms with E-state index < -0.39 is 0 Å². The van der Waals surface area contributed by atoms with E-state index in [0.29, 0.717) is 5.92 Å². The monoisotopic (exact) mass is 346 g/mol. The fourth-order valence-electron chi connectivity index (χ4n) is 4.59. The van der Waals surface area contributed by atoms with Crippen LogP contribution in [0.4, 0.5) is 5.82 Å². The van der Waals surface area contributed by atoms with E-state index in [1.54, 1.807) is 0 Å². The Balaban J connectivity index is 1.97. The zero-order chi connectivity index (χ0) is 17.9. The summed E-state index contributed by atoms with van der Waals surface area (Å²) >= 11 is 0. The van der Waals surface area contributed by atoms with Gasteiger partial charge >= 0.3 is 0 Å². The molecular formula is C22H26N4. The number of hydrogen-bond acceptors (Lipinski definition) is 4. The van der Waals surface area contributed by atoms with E-state index in [1.807, 2.05) is 19.3 Å². The van der Waals surface area contributed by atoms with Crippen molar-refractivity contribution in [2.75, 3.05) is 12.4 Å². The second-order valence-corrected chi connectivity index (χ2v) is 7.51. The van der Waals surface area contributed by atoms with Crippen molar-refractivity contribution >= 4 is 5.82 Å². The molecule has 0 amide bonds. The first-order valence-electron chi connectivity index (χ1n) is 9.91. The number of nitrogens with zero attached hydrogens (tertiary/aromatic N) is 3. The van der Waals surface area contributed by atoms with E-state index in [9.17, 15) is 5.26 Å². The van der Waals surface area contributed by atoms with Crippen molar-refractivity contribution in [1.82, 2.24) is 9.97 Å². The lowest BCUT2D eigenvalue weighted by atomic mass is 9.87. The van der Waals surface area contributed by atoms with Crippen LogP contribution in [0.3, 0.4) is 0 Å². The molecular weight excluding hydrogens is 320 g/mol. The normalized spacial score (nSPS) is 17.4. The van der Waals surface area contributed by atoms with Gasteiger partial charge in [-0.3, -0.25) is 4.98 Å². The number of fused-ring (bicyclic) bond motifs is 1. The first-order valence-corrected chi connectivity index (χ1v) is 9.91. The Hall–Kier alpha value is -2.41. The summed E-state index contributed by atoms with van der Waals surface area (Å²) in [5.41, 5.74) is 6.63. The average molecular weight is 346 g/mol. The maximum Gasteiger partial charge on any atom is 0.126 e.